The van der Waals surface area contributed by atoms with E-state index >= 15 is 0 Å². The Morgan fingerprint density at radius 2 is 2.25 bits per heavy atom. The second-order valence-electron chi connectivity index (χ2n) is 4.01. The average Bonchev–Trinajstić information content (AvgIpc) is 2.26. The third-order valence-electron chi connectivity index (χ3n) is 2.56. The van der Waals surface area contributed by atoms with Gasteiger partial charge in [0, 0.05) is 23.9 Å². The maximum Gasteiger partial charge on any atom is 0.306 e. The van der Waals surface area contributed by atoms with Crippen LogP contribution < -0.4 is 5.73 Å². The molecule has 4 heteroatoms. The second kappa shape index (κ2) is 5.61. The third kappa shape index (κ3) is 3.31. The highest BCUT2D eigenvalue weighted by molar-refractivity contribution is 5.70. The molecule has 0 amide bonds. The number of nitrogens with two attached hydrogens (primary N) is 1. The van der Waals surface area contributed by atoms with E-state index in [1.54, 1.807) is 6.20 Å². The summed E-state index contributed by atoms with van der Waals surface area (Å²) in [6.45, 7) is 3.84. The van der Waals surface area contributed by atoms with E-state index in [1.165, 1.54) is 7.11 Å². The lowest BCUT2D eigenvalue weighted by Gasteiger charge is -2.19. The first-order chi connectivity index (χ1) is 7.54. The average molecular weight is 222 g/mol. The lowest BCUT2D eigenvalue weighted by atomic mass is 9.93. The van der Waals surface area contributed by atoms with Crippen LogP contribution >= 0.6 is 0 Å². The van der Waals surface area contributed by atoms with E-state index < -0.39 is 0 Å². The largest absolute Gasteiger partial charge is 0.469 e. The fraction of sp³-hybridized carbons (Fsp3) is 0.500. The van der Waals surface area contributed by atoms with Crippen LogP contribution in [0.15, 0.2) is 18.3 Å². The number of nitrogens with zero attached hydrogens (tertiary/aromatic N) is 1. The minimum Gasteiger partial charge on any atom is -0.469 e. The molecule has 2 N–H and O–H groups in total. The van der Waals surface area contributed by atoms with Gasteiger partial charge in [0.05, 0.1) is 13.5 Å². The molecule has 1 rings (SSSR count). The number of carbonyl (C=O) groups excluding carboxylic acids is 1. The number of aryl methyl sites for hydroxylation is 1. The van der Waals surface area contributed by atoms with Gasteiger partial charge in [-0.1, -0.05) is 6.07 Å². The minimum absolute atomic E-state index is 0.0898. The Morgan fingerprint density at radius 1 is 1.56 bits per heavy atom. The quantitative estimate of drug-likeness (QED) is 0.782. The van der Waals surface area contributed by atoms with Gasteiger partial charge in [0.2, 0.25) is 0 Å². The molecule has 0 fully saturated rings. The van der Waals surface area contributed by atoms with Crippen molar-refractivity contribution < 1.29 is 9.53 Å². The van der Waals surface area contributed by atoms with Crippen LogP contribution in [0.3, 0.4) is 0 Å². The molecule has 0 saturated heterocycles. The number of aromatic nitrogens is 1. The molecule has 2 atom stereocenters. The summed E-state index contributed by atoms with van der Waals surface area (Å²) in [5.74, 6) is -0.349. The zero-order chi connectivity index (χ0) is 12.1. The molecule has 1 aromatic rings. The van der Waals surface area contributed by atoms with Gasteiger partial charge in [-0.2, -0.15) is 0 Å². The number of pyridine rings is 1. The highest BCUT2D eigenvalue weighted by Gasteiger charge is 2.21. The maximum atomic E-state index is 11.3. The van der Waals surface area contributed by atoms with Crippen LogP contribution in [-0.4, -0.2) is 24.1 Å². The van der Waals surface area contributed by atoms with Gasteiger partial charge in [-0.05, 0) is 25.5 Å². The number of esters is 1. The summed E-state index contributed by atoms with van der Waals surface area (Å²) < 4.78 is 4.65. The van der Waals surface area contributed by atoms with Crippen molar-refractivity contribution in [3.8, 4) is 0 Å². The zero-order valence-electron chi connectivity index (χ0n) is 9.93. The molecule has 2 unspecified atom stereocenters. The SMILES string of the molecule is COC(=O)CC(c1ccc(C)cn1)C(C)N. The molecule has 1 aromatic heterocycles. The summed E-state index contributed by atoms with van der Waals surface area (Å²) in [4.78, 5) is 15.6. The maximum absolute atomic E-state index is 11.3. The van der Waals surface area contributed by atoms with E-state index in [9.17, 15) is 4.79 Å². The summed E-state index contributed by atoms with van der Waals surface area (Å²) in [6, 6.07) is 3.75. The van der Waals surface area contributed by atoms with Gasteiger partial charge in [-0.3, -0.25) is 9.78 Å². The van der Waals surface area contributed by atoms with E-state index in [4.69, 9.17) is 5.73 Å². The van der Waals surface area contributed by atoms with Crippen molar-refractivity contribution in [3.63, 3.8) is 0 Å². The lowest BCUT2D eigenvalue weighted by molar-refractivity contribution is -0.141. The van der Waals surface area contributed by atoms with Crippen molar-refractivity contribution in [1.82, 2.24) is 4.98 Å². The van der Waals surface area contributed by atoms with Crippen molar-refractivity contribution in [3.05, 3.63) is 29.6 Å². The summed E-state index contributed by atoms with van der Waals surface area (Å²) in [7, 11) is 1.38. The summed E-state index contributed by atoms with van der Waals surface area (Å²) in [6.07, 6.45) is 2.05. The molecular weight excluding hydrogens is 204 g/mol. The molecule has 88 valence electrons. The summed E-state index contributed by atoms with van der Waals surface area (Å²) in [5.41, 5.74) is 7.79. The number of hydrogen-bond donors (Lipinski definition) is 1. The third-order valence-corrected chi connectivity index (χ3v) is 2.56. The molecule has 0 aliphatic carbocycles. The number of hydrogen-bond acceptors (Lipinski definition) is 4. The summed E-state index contributed by atoms with van der Waals surface area (Å²) >= 11 is 0. The molecule has 0 aliphatic heterocycles. The lowest BCUT2D eigenvalue weighted by Crippen LogP contribution is -2.27. The van der Waals surface area contributed by atoms with Gasteiger partial charge in [0.25, 0.3) is 0 Å². The second-order valence-corrected chi connectivity index (χ2v) is 4.01. The Kier molecular flexibility index (Phi) is 4.43. The molecule has 1 heterocycles. The normalized spacial score (nSPS) is 14.2. The molecule has 4 nitrogen and oxygen atoms in total. The zero-order valence-corrected chi connectivity index (χ0v) is 9.93. The number of rotatable bonds is 4. The Morgan fingerprint density at radius 3 is 2.69 bits per heavy atom. The predicted molar refractivity (Wildman–Crippen MR) is 62.0 cm³/mol. The van der Waals surface area contributed by atoms with Crippen LogP contribution in [0.5, 0.6) is 0 Å². The summed E-state index contributed by atoms with van der Waals surface area (Å²) in [5, 5.41) is 0. The van der Waals surface area contributed by atoms with Gasteiger partial charge in [0.15, 0.2) is 0 Å². The molecule has 0 aromatic carbocycles. The Labute approximate surface area is 95.8 Å². The fourth-order valence-corrected chi connectivity index (χ4v) is 1.52. The van der Waals surface area contributed by atoms with E-state index in [0.717, 1.165) is 11.3 Å². The molecule has 0 spiro atoms. The van der Waals surface area contributed by atoms with Crippen molar-refractivity contribution in [2.24, 2.45) is 5.73 Å². The van der Waals surface area contributed by atoms with E-state index in [1.807, 2.05) is 26.0 Å². The minimum atomic E-state index is -0.260. The molecule has 0 radical (unpaired) electrons. The van der Waals surface area contributed by atoms with Crippen molar-refractivity contribution in [2.75, 3.05) is 7.11 Å². The first-order valence-corrected chi connectivity index (χ1v) is 5.29. The van der Waals surface area contributed by atoms with Crippen LogP contribution in [0.2, 0.25) is 0 Å². The molecule has 0 bridgehead atoms. The van der Waals surface area contributed by atoms with Crippen LogP contribution in [0.25, 0.3) is 0 Å². The Hall–Kier alpha value is -1.42. The standard InChI is InChI=1S/C12H18N2O2/c1-8-4-5-11(14-7-8)10(9(2)13)6-12(15)16-3/h4-5,7,9-10H,6,13H2,1-3H3. The first-order valence-electron chi connectivity index (χ1n) is 5.29. The Bertz CT molecular complexity index is 347. The van der Waals surface area contributed by atoms with E-state index in [-0.39, 0.29) is 24.3 Å². The van der Waals surface area contributed by atoms with Gasteiger partial charge < -0.3 is 10.5 Å². The number of methoxy groups -OCH3 is 1. The fourth-order valence-electron chi connectivity index (χ4n) is 1.52. The van der Waals surface area contributed by atoms with Crippen LogP contribution in [0.4, 0.5) is 0 Å². The monoisotopic (exact) mass is 222 g/mol. The highest BCUT2D eigenvalue weighted by atomic mass is 16.5. The van der Waals surface area contributed by atoms with Gasteiger partial charge >= 0.3 is 5.97 Å². The van der Waals surface area contributed by atoms with Crippen molar-refractivity contribution >= 4 is 5.97 Å². The number of carbonyl (C=O) groups is 1. The van der Waals surface area contributed by atoms with Gasteiger partial charge in [-0.25, -0.2) is 0 Å². The molecule has 0 saturated carbocycles. The van der Waals surface area contributed by atoms with Crippen LogP contribution in [-0.2, 0) is 9.53 Å². The van der Waals surface area contributed by atoms with Gasteiger partial charge in [0.1, 0.15) is 0 Å². The topological polar surface area (TPSA) is 65.2 Å². The smallest absolute Gasteiger partial charge is 0.306 e. The van der Waals surface area contributed by atoms with Crippen LogP contribution in [0, 0.1) is 6.92 Å². The molecule has 0 aliphatic rings. The predicted octanol–water partition coefficient (Wildman–Crippen LogP) is 1.38. The first kappa shape index (κ1) is 12.6. The van der Waals surface area contributed by atoms with Crippen molar-refractivity contribution in [1.29, 1.82) is 0 Å². The molecule has 16 heavy (non-hydrogen) atoms. The van der Waals surface area contributed by atoms with Crippen LogP contribution in [0.1, 0.15) is 30.5 Å². The highest BCUT2D eigenvalue weighted by Crippen LogP contribution is 2.21. The van der Waals surface area contributed by atoms with Crippen molar-refractivity contribution in [2.45, 2.75) is 32.2 Å². The Balaban J connectivity index is 2.85. The van der Waals surface area contributed by atoms with E-state index in [0.29, 0.717) is 0 Å². The van der Waals surface area contributed by atoms with Gasteiger partial charge in [-0.15, -0.1) is 0 Å². The molecular formula is C12H18N2O2. The number of ether oxygens (including phenoxy) is 1. The van der Waals surface area contributed by atoms with E-state index in [2.05, 4.69) is 9.72 Å².